The number of likely N-dealkylation sites (tertiary alicyclic amines) is 1. The van der Waals surface area contributed by atoms with Gasteiger partial charge in [-0.3, -0.25) is 4.90 Å². The zero-order chi connectivity index (χ0) is 13.0. The Bertz CT molecular complexity index is 453. The molecule has 0 unspecified atom stereocenters. The molecule has 2 heterocycles. The molecule has 0 aromatic carbocycles. The van der Waals surface area contributed by atoms with Crippen molar-refractivity contribution in [3.05, 3.63) is 21.9 Å². The normalized spacial score (nSPS) is 18.6. The van der Waals surface area contributed by atoms with Crippen LogP contribution < -0.4 is 0 Å². The van der Waals surface area contributed by atoms with Crippen molar-refractivity contribution >= 4 is 11.3 Å². The summed E-state index contributed by atoms with van der Waals surface area (Å²) in [7, 11) is 0. The molecule has 1 aromatic rings. The van der Waals surface area contributed by atoms with Gasteiger partial charge in [-0.05, 0) is 29.8 Å². The highest BCUT2D eigenvalue weighted by Gasteiger charge is 2.29. The van der Waals surface area contributed by atoms with Gasteiger partial charge >= 0.3 is 0 Å². The van der Waals surface area contributed by atoms with Gasteiger partial charge in [0.1, 0.15) is 0 Å². The molecule has 0 spiro atoms. The first-order valence-electron chi connectivity index (χ1n) is 6.49. The van der Waals surface area contributed by atoms with Gasteiger partial charge in [-0.1, -0.05) is 25.7 Å². The van der Waals surface area contributed by atoms with Crippen molar-refractivity contribution in [3.63, 3.8) is 0 Å². The van der Waals surface area contributed by atoms with Crippen molar-refractivity contribution in [2.24, 2.45) is 5.41 Å². The average molecular weight is 263 g/mol. The number of hydrogen-bond donors (Lipinski definition) is 1. The molecule has 1 aliphatic rings. The minimum Gasteiger partial charge on any atom is -0.395 e. The third kappa shape index (κ3) is 3.58. The van der Waals surface area contributed by atoms with E-state index in [9.17, 15) is 0 Å². The molecular weight excluding hydrogens is 242 g/mol. The third-order valence-electron chi connectivity index (χ3n) is 3.33. The fraction of sp³-hybridized carbons (Fsp3) is 0.600. The lowest BCUT2D eigenvalue weighted by molar-refractivity contribution is 0.286. The van der Waals surface area contributed by atoms with E-state index in [0.717, 1.165) is 12.1 Å². The molecule has 0 amide bonds. The van der Waals surface area contributed by atoms with Crippen LogP contribution in [0.15, 0.2) is 11.4 Å². The van der Waals surface area contributed by atoms with Crippen LogP contribution in [0.5, 0.6) is 0 Å². The molecular formula is C15H21NOS. The summed E-state index contributed by atoms with van der Waals surface area (Å²) >= 11 is 1.79. The van der Waals surface area contributed by atoms with Crippen LogP contribution in [0.2, 0.25) is 0 Å². The molecule has 2 rings (SSSR count). The van der Waals surface area contributed by atoms with Crippen molar-refractivity contribution in [2.45, 2.75) is 33.2 Å². The van der Waals surface area contributed by atoms with Crippen LogP contribution in [0.1, 0.15) is 37.1 Å². The quantitative estimate of drug-likeness (QED) is 0.848. The summed E-state index contributed by atoms with van der Waals surface area (Å²) in [6.07, 6.45) is 1.84. The van der Waals surface area contributed by atoms with Gasteiger partial charge in [0.05, 0.1) is 6.61 Å². The van der Waals surface area contributed by atoms with Gasteiger partial charge in [0.15, 0.2) is 0 Å². The van der Waals surface area contributed by atoms with Crippen molar-refractivity contribution < 1.29 is 5.11 Å². The summed E-state index contributed by atoms with van der Waals surface area (Å²) in [5.41, 5.74) is 1.60. The fourth-order valence-electron chi connectivity index (χ4n) is 2.35. The largest absolute Gasteiger partial charge is 0.395 e. The van der Waals surface area contributed by atoms with Crippen LogP contribution in [-0.4, -0.2) is 29.7 Å². The van der Waals surface area contributed by atoms with E-state index in [-0.39, 0.29) is 6.61 Å². The molecule has 1 fully saturated rings. The second-order valence-electron chi connectivity index (χ2n) is 5.66. The maximum atomic E-state index is 8.74. The van der Waals surface area contributed by atoms with E-state index in [2.05, 4.69) is 42.0 Å². The van der Waals surface area contributed by atoms with Crippen molar-refractivity contribution in [3.8, 4) is 11.8 Å². The number of hydrogen-bond acceptors (Lipinski definition) is 3. The Hall–Kier alpha value is -0.820. The fourth-order valence-corrected chi connectivity index (χ4v) is 3.22. The Labute approximate surface area is 114 Å². The molecule has 0 saturated carbocycles. The predicted octanol–water partition coefficient (Wildman–Crippen LogP) is 2.71. The SMILES string of the molecule is CC1(C)CCN(Cc2sccc2C#CCCO)C1. The highest BCUT2D eigenvalue weighted by atomic mass is 32.1. The second kappa shape index (κ2) is 5.88. The minimum atomic E-state index is 0.146. The Kier molecular flexibility index (Phi) is 4.45. The van der Waals surface area contributed by atoms with Gasteiger partial charge in [-0.2, -0.15) is 0 Å². The van der Waals surface area contributed by atoms with Crippen molar-refractivity contribution in [1.29, 1.82) is 0 Å². The highest BCUT2D eigenvalue weighted by molar-refractivity contribution is 7.10. The number of aliphatic hydroxyl groups excluding tert-OH is 1. The lowest BCUT2D eigenvalue weighted by Gasteiger charge is -2.19. The van der Waals surface area contributed by atoms with Gasteiger partial charge in [-0.15, -0.1) is 11.3 Å². The lowest BCUT2D eigenvalue weighted by Crippen LogP contribution is -2.22. The standard InChI is InChI=1S/C15H21NOS/c1-15(2)7-8-16(12-15)11-14-13(6-10-18-14)5-3-4-9-17/h6,10,17H,4,7-9,11-12H2,1-2H3. The van der Waals surface area contributed by atoms with Crippen LogP contribution in [0, 0.1) is 17.3 Å². The van der Waals surface area contributed by atoms with Crippen molar-refractivity contribution in [1.82, 2.24) is 4.90 Å². The Morgan fingerprint density at radius 1 is 1.50 bits per heavy atom. The molecule has 18 heavy (non-hydrogen) atoms. The Morgan fingerprint density at radius 2 is 2.33 bits per heavy atom. The van der Waals surface area contributed by atoms with Gasteiger partial charge < -0.3 is 5.11 Å². The number of rotatable bonds is 3. The molecule has 2 nitrogen and oxygen atoms in total. The monoisotopic (exact) mass is 263 g/mol. The molecule has 0 atom stereocenters. The van der Waals surface area contributed by atoms with E-state index in [1.54, 1.807) is 11.3 Å². The Balaban J connectivity index is 1.99. The zero-order valence-electron chi connectivity index (χ0n) is 11.2. The average Bonchev–Trinajstić information content (AvgIpc) is 2.87. The predicted molar refractivity (Wildman–Crippen MR) is 76.6 cm³/mol. The number of nitrogens with zero attached hydrogens (tertiary/aromatic N) is 1. The molecule has 98 valence electrons. The van der Waals surface area contributed by atoms with E-state index in [4.69, 9.17) is 5.11 Å². The van der Waals surface area contributed by atoms with Crippen LogP contribution >= 0.6 is 11.3 Å². The van der Waals surface area contributed by atoms with Gasteiger partial charge in [-0.25, -0.2) is 0 Å². The maximum absolute atomic E-state index is 8.74. The molecule has 1 N–H and O–H groups in total. The van der Waals surface area contributed by atoms with E-state index in [0.29, 0.717) is 11.8 Å². The molecule has 1 aromatic heterocycles. The molecule has 1 aliphatic heterocycles. The summed E-state index contributed by atoms with van der Waals surface area (Å²) in [6, 6.07) is 2.09. The zero-order valence-corrected chi connectivity index (χ0v) is 12.0. The van der Waals surface area contributed by atoms with Gasteiger partial charge in [0.2, 0.25) is 0 Å². The first-order valence-corrected chi connectivity index (χ1v) is 7.37. The van der Waals surface area contributed by atoms with E-state index < -0.39 is 0 Å². The summed E-state index contributed by atoms with van der Waals surface area (Å²) in [6.45, 7) is 8.20. The summed E-state index contributed by atoms with van der Waals surface area (Å²) in [4.78, 5) is 3.88. The van der Waals surface area contributed by atoms with E-state index >= 15 is 0 Å². The highest BCUT2D eigenvalue weighted by Crippen LogP contribution is 2.31. The molecule has 0 bridgehead atoms. The molecule has 0 radical (unpaired) electrons. The molecule has 0 aliphatic carbocycles. The summed E-state index contributed by atoms with van der Waals surface area (Å²) in [5.74, 6) is 6.17. The Morgan fingerprint density at radius 3 is 3.00 bits per heavy atom. The van der Waals surface area contributed by atoms with Gasteiger partial charge in [0, 0.05) is 30.0 Å². The van der Waals surface area contributed by atoms with Crippen molar-refractivity contribution in [2.75, 3.05) is 19.7 Å². The summed E-state index contributed by atoms with van der Waals surface area (Å²) < 4.78 is 0. The first-order chi connectivity index (χ1) is 8.61. The second-order valence-corrected chi connectivity index (χ2v) is 6.66. The first kappa shape index (κ1) is 13.6. The van der Waals surface area contributed by atoms with E-state index in [1.165, 1.54) is 24.4 Å². The maximum Gasteiger partial charge on any atom is 0.0540 e. The lowest BCUT2D eigenvalue weighted by atomic mass is 9.93. The van der Waals surface area contributed by atoms with E-state index in [1.807, 2.05) is 0 Å². The number of aliphatic hydroxyl groups is 1. The summed E-state index contributed by atoms with van der Waals surface area (Å²) in [5, 5.41) is 10.9. The van der Waals surface area contributed by atoms with Crippen LogP contribution in [0.4, 0.5) is 0 Å². The topological polar surface area (TPSA) is 23.5 Å². The molecule has 3 heteroatoms. The smallest absolute Gasteiger partial charge is 0.0540 e. The van der Waals surface area contributed by atoms with Crippen LogP contribution in [0.25, 0.3) is 0 Å². The number of thiophene rings is 1. The third-order valence-corrected chi connectivity index (χ3v) is 4.23. The van der Waals surface area contributed by atoms with Crippen LogP contribution in [-0.2, 0) is 6.54 Å². The van der Waals surface area contributed by atoms with Crippen LogP contribution in [0.3, 0.4) is 0 Å². The molecule has 1 saturated heterocycles. The minimum absolute atomic E-state index is 0.146. The van der Waals surface area contributed by atoms with Gasteiger partial charge in [0.25, 0.3) is 0 Å².